The predicted octanol–water partition coefficient (Wildman–Crippen LogP) is 2.98. The second kappa shape index (κ2) is 10.9. The van der Waals surface area contributed by atoms with Gasteiger partial charge in [-0.05, 0) is 37.0 Å². The normalized spacial score (nSPS) is 16.2. The third-order valence-electron chi connectivity index (χ3n) is 6.08. The molecule has 2 aliphatic rings. The van der Waals surface area contributed by atoms with Crippen LogP contribution in [0.25, 0.3) is 0 Å². The van der Waals surface area contributed by atoms with E-state index in [1.807, 2.05) is 0 Å². The van der Waals surface area contributed by atoms with E-state index < -0.39 is 6.09 Å². The van der Waals surface area contributed by atoms with E-state index in [4.69, 9.17) is 4.74 Å². The summed E-state index contributed by atoms with van der Waals surface area (Å²) in [6.07, 6.45) is 6.87. The van der Waals surface area contributed by atoms with E-state index in [2.05, 4.69) is 11.9 Å². The summed E-state index contributed by atoms with van der Waals surface area (Å²) >= 11 is 0. The van der Waals surface area contributed by atoms with Gasteiger partial charge in [-0.1, -0.05) is 38.3 Å². The molecular formula is C23H31N3O6. The van der Waals surface area contributed by atoms with Crippen LogP contribution in [0, 0.1) is 0 Å². The highest BCUT2D eigenvalue weighted by molar-refractivity contribution is 5.97. The van der Waals surface area contributed by atoms with Crippen molar-refractivity contribution in [1.29, 1.82) is 0 Å². The topological polar surface area (TPSA) is 119 Å². The first kappa shape index (κ1) is 23.4. The van der Waals surface area contributed by atoms with E-state index >= 15 is 0 Å². The molecule has 9 nitrogen and oxygen atoms in total. The van der Waals surface area contributed by atoms with Crippen molar-refractivity contribution >= 4 is 23.6 Å². The van der Waals surface area contributed by atoms with Gasteiger partial charge in [0.1, 0.15) is 11.4 Å². The SMILES string of the molecule is C=CC(=O)N(CCN(CCc1ccc(O)c2c1OCC(=O)N2)C(=O)O)C1CCCCCC1. The summed E-state index contributed by atoms with van der Waals surface area (Å²) in [4.78, 5) is 38.9. The minimum Gasteiger partial charge on any atom is -0.506 e. The van der Waals surface area contributed by atoms with Crippen LogP contribution in [-0.2, 0) is 16.0 Å². The number of nitrogens with one attached hydrogen (secondary N) is 1. The van der Waals surface area contributed by atoms with Crippen LogP contribution in [0.5, 0.6) is 11.5 Å². The van der Waals surface area contributed by atoms with Crippen molar-refractivity contribution in [2.75, 3.05) is 31.6 Å². The maximum atomic E-state index is 12.5. The first-order chi connectivity index (χ1) is 15.4. The van der Waals surface area contributed by atoms with Gasteiger partial charge in [-0.3, -0.25) is 9.59 Å². The molecule has 0 bridgehead atoms. The van der Waals surface area contributed by atoms with Crippen LogP contribution in [-0.4, -0.2) is 70.2 Å². The zero-order chi connectivity index (χ0) is 23.1. The van der Waals surface area contributed by atoms with Crippen LogP contribution in [0.2, 0.25) is 0 Å². The molecule has 0 atom stereocenters. The number of carbonyl (C=O) groups excluding carboxylic acids is 2. The number of amides is 3. The average Bonchev–Trinajstić information content (AvgIpc) is 3.06. The lowest BCUT2D eigenvalue weighted by Gasteiger charge is -2.32. The molecule has 3 amide bonds. The molecule has 1 aliphatic carbocycles. The lowest BCUT2D eigenvalue weighted by molar-refractivity contribution is -0.128. The third-order valence-corrected chi connectivity index (χ3v) is 6.08. The molecule has 1 heterocycles. The Labute approximate surface area is 187 Å². The van der Waals surface area contributed by atoms with Gasteiger partial charge in [0.2, 0.25) is 5.91 Å². The summed E-state index contributed by atoms with van der Waals surface area (Å²) in [5.74, 6) is -0.271. The average molecular weight is 446 g/mol. The van der Waals surface area contributed by atoms with Gasteiger partial charge < -0.3 is 30.1 Å². The third kappa shape index (κ3) is 5.72. The number of ether oxygens (including phenoxy) is 1. The number of benzene rings is 1. The molecule has 3 N–H and O–H groups in total. The maximum Gasteiger partial charge on any atom is 0.407 e. The Morgan fingerprint density at radius 1 is 1.16 bits per heavy atom. The second-order valence-corrected chi connectivity index (χ2v) is 8.19. The number of aromatic hydroxyl groups is 1. The summed E-state index contributed by atoms with van der Waals surface area (Å²) in [7, 11) is 0. The van der Waals surface area contributed by atoms with E-state index in [1.54, 1.807) is 11.0 Å². The molecular weight excluding hydrogens is 414 g/mol. The second-order valence-electron chi connectivity index (χ2n) is 8.19. The number of carbonyl (C=O) groups is 3. The molecule has 1 aromatic rings. The maximum absolute atomic E-state index is 12.5. The molecule has 0 saturated heterocycles. The van der Waals surface area contributed by atoms with Crippen molar-refractivity contribution in [2.24, 2.45) is 0 Å². The van der Waals surface area contributed by atoms with Crippen LogP contribution >= 0.6 is 0 Å². The number of hydrogen-bond donors (Lipinski definition) is 3. The Bertz CT molecular complexity index is 864. The van der Waals surface area contributed by atoms with Gasteiger partial charge in [-0.25, -0.2) is 4.79 Å². The fourth-order valence-electron chi connectivity index (χ4n) is 4.36. The van der Waals surface area contributed by atoms with Crippen LogP contribution in [0.4, 0.5) is 10.5 Å². The number of carboxylic acid groups (broad SMARTS) is 1. The number of fused-ring (bicyclic) bond motifs is 1. The summed E-state index contributed by atoms with van der Waals surface area (Å²) in [6.45, 7) is 4.12. The molecule has 32 heavy (non-hydrogen) atoms. The zero-order valence-electron chi connectivity index (χ0n) is 18.2. The van der Waals surface area contributed by atoms with Crippen LogP contribution in [0.3, 0.4) is 0 Å². The summed E-state index contributed by atoms with van der Waals surface area (Å²) in [5, 5.41) is 22.3. The summed E-state index contributed by atoms with van der Waals surface area (Å²) < 4.78 is 5.47. The molecule has 0 spiro atoms. The molecule has 9 heteroatoms. The zero-order valence-corrected chi connectivity index (χ0v) is 18.2. The van der Waals surface area contributed by atoms with Crippen LogP contribution < -0.4 is 10.1 Å². The van der Waals surface area contributed by atoms with Crippen LogP contribution in [0.1, 0.15) is 44.1 Å². The number of anilines is 1. The van der Waals surface area contributed by atoms with Gasteiger partial charge in [0.15, 0.2) is 12.4 Å². The smallest absolute Gasteiger partial charge is 0.407 e. The van der Waals surface area contributed by atoms with Crippen molar-refractivity contribution < 1.29 is 29.3 Å². The fraction of sp³-hybridized carbons (Fsp3) is 0.522. The molecule has 1 aromatic carbocycles. The lowest BCUT2D eigenvalue weighted by atomic mass is 10.1. The van der Waals surface area contributed by atoms with Crippen molar-refractivity contribution in [3.8, 4) is 11.5 Å². The molecule has 174 valence electrons. The van der Waals surface area contributed by atoms with Crippen molar-refractivity contribution in [1.82, 2.24) is 9.80 Å². The van der Waals surface area contributed by atoms with Gasteiger partial charge in [-0.15, -0.1) is 0 Å². The van der Waals surface area contributed by atoms with Gasteiger partial charge in [0.05, 0.1) is 0 Å². The Kier molecular flexibility index (Phi) is 7.97. The van der Waals surface area contributed by atoms with E-state index in [0.717, 1.165) is 38.5 Å². The van der Waals surface area contributed by atoms with E-state index in [-0.39, 0.29) is 49.0 Å². The first-order valence-electron chi connectivity index (χ1n) is 11.1. The Balaban J connectivity index is 1.66. The molecule has 0 radical (unpaired) electrons. The minimum atomic E-state index is -1.07. The van der Waals surface area contributed by atoms with Crippen molar-refractivity contribution in [3.05, 3.63) is 30.4 Å². The fourth-order valence-corrected chi connectivity index (χ4v) is 4.36. The largest absolute Gasteiger partial charge is 0.506 e. The highest BCUT2D eigenvalue weighted by Crippen LogP contribution is 2.39. The first-order valence-corrected chi connectivity index (χ1v) is 11.1. The number of phenols is 1. The van der Waals surface area contributed by atoms with Crippen molar-refractivity contribution in [2.45, 2.75) is 51.0 Å². The molecule has 0 unspecified atom stereocenters. The van der Waals surface area contributed by atoms with Gasteiger partial charge >= 0.3 is 6.09 Å². The number of rotatable bonds is 8. The summed E-state index contributed by atoms with van der Waals surface area (Å²) in [5.41, 5.74) is 0.892. The Hall–Kier alpha value is -3.23. The molecule has 1 saturated carbocycles. The van der Waals surface area contributed by atoms with E-state index in [1.165, 1.54) is 17.0 Å². The molecule has 1 aliphatic heterocycles. The highest BCUT2D eigenvalue weighted by atomic mass is 16.5. The Morgan fingerprint density at radius 3 is 2.53 bits per heavy atom. The highest BCUT2D eigenvalue weighted by Gasteiger charge is 2.26. The predicted molar refractivity (Wildman–Crippen MR) is 119 cm³/mol. The quantitative estimate of drug-likeness (QED) is 0.322. The molecule has 1 fully saturated rings. The monoisotopic (exact) mass is 445 g/mol. The van der Waals surface area contributed by atoms with Crippen molar-refractivity contribution in [3.63, 3.8) is 0 Å². The number of phenolic OH excluding ortho intramolecular Hbond substituents is 1. The van der Waals surface area contributed by atoms with E-state index in [9.17, 15) is 24.6 Å². The number of hydrogen-bond acceptors (Lipinski definition) is 5. The Morgan fingerprint density at radius 2 is 1.88 bits per heavy atom. The summed E-state index contributed by atoms with van der Waals surface area (Å²) in [6, 6.07) is 3.22. The molecule has 3 rings (SSSR count). The molecule has 0 aromatic heterocycles. The van der Waals surface area contributed by atoms with Gasteiger partial charge in [0, 0.05) is 25.7 Å². The lowest BCUT2D eigenvalue weighted by Crippen LogP contribution is -2.45. The van der Waals surface area contributed by atoms with Gasteiger partial charge in [0.25, 0.3) is 5.91 Å². The van der Waals surface area contributed by atoms with Crippen LogP contribution in [0.15, 0.2) is 24.8 Å². The van der Waals surface area contributed by atoms with E-state index in [0.29, 0.717) is 24.3 Å². The van der Waals surface area contributed by atoms with Gasteiger partial charge in [-0.2, -0.15) is 0 Å². The standard InChI is InChI=1S/C23H31N3O6/c1-2-20(29)26(17-7-5-3-4-6-8-17)14-13-25(23(30)31)12-11-16-9-10-18(27)21-22(16)32-15-19(28)24-21/h2,9-10,17,27H,1,3-8,11-15H2,(H,24,28)(H,30,31). The minimum absolute atomic E-state index is 0.103. The number of nitrogens with zero attached hydrogens (tertiary/aromatic N) is 2.